The lowest BCUT2D eigenvalue weighted by Gasteiger charge is -2.24. The molecule has 1 aliphatic rings. The van der Waals surface area contributed by atoms with E-state index in [-0.39, 0.29) is 23.1 Å². The first-order valence-corrected chi connectivity index (χ1v) is 11.0. The first kappa shape index (κ1) is 21.4. The maximum Gasteiger partial charge on any atom is 0.238 e. The summed E-state index contributed by atoms with van der Waals surface area (Å²) in [4.78, 5) is 12.7. The van der Waals surface area contributed by atoms with Gasteiger partial charge in [-0.05, 0) is 60.7 Å². The quantitative estimate of drug-likeness (QED) is 0.630. The second-order valence-electron chi connectivity index (χ2n) is 7.37. The molecule has 0 bridgehead atoms. The summed E-state index contributed by atoms with van der Waals surface area (Å²) in [6, 6.07) is 10.2. The number of carbonyl (C=O) groups excluding carboxylic acids is 1. The zero-order valence-electron chi connectivity index (χ0n) is 16.5. The molecule has 0 unspecified atom stereocenters. The van der Waals surface area contributed by atoms with Crippen molar-refractivity contribution in [2.75, 3.05) is 20.2 Å². The average Bonchev–Trinajstić information content (AvgIpc) is 2.68. The van der Waals surface area contributed by atoms with Gasteiger partial charge in [0.05, 0.1) is 18.1 Å². The van der Waals surface area contributed by atoms with Gasteiger partial charge in [-0.3, -0.25) is 4.79 Å². The molecule has 0 fully saturated rings. The van der Waals surface area contributed by atoms with Crippen LogP contribution in [-0.2, 0) is 16.4 Å². The fraction of sp³-hybridized carbons (Fsp3) is 0.381. The van der Waals surface area contributed by atoms with Crippen LogP contribution in [0.4, 0.5) is 0 Å². The third-order valence-corrected chi connectivity index (χ3v) is 6.40. The number of benzene rings is 2. The monoisotopic (exact) mass is 418 g/mol. The number of Topliss-reactive ketones (excluding diaryl/α,β-unsaturated/α-hetero) is 1. The number of aryl methyl sites for hydroxylation is 2. The number of methoxy groups -OCH3 is 1. The SMILES string of the molecule is COc1ccc2c(c1)CC[C@@H](CNC[C@H](O)c1ccc(C)c(S(N)(=O)=O)c1)C2=O. The van der Waals surface area contributed by atoms with Crippen molar-refractivity contribution in [1.29, 1.82) is 0 Å². The normalized spacial score (nSPS) is 17.7. The molecular formula is C21H26N2O5S. The highest BCUT2D eigenvalue weighted by atomic mass is 32.2. The number of aliphatic hydroxyl groups excluding tert-OH is 1. The average molecular weight is 419 g/mol. The maximum absolute atomic E-state index is 12.7. The molecule has 2 aromatic carbocycles. The number of carbonyl (C=O) groups is 1. The standard InChI is InChI=1S/C21H26N2O5S/c1-13-3-4-15(10-20(13)29(22,26)27)19(24)12-23-11-16-6-5-14-9-17(28-2)7-8-18(14)21(16)25/h3-4,7-10,16,19,23-24H,5-6,11-12H2,1-2H3,(H2,22,26,27)/t16-,19-/m0/s1. The Morgan fingerprint density at radius 3 is 2.72 bits per heavy atom. The van der Waals surface area contributed by atoms with E-state index in [1.165, 1.54) is 6.07 Å². The number of sulfonamides is 1. The predicted octanol–water partition coefficient (Wildman–Crippen LogP) is 1.72. The van der Waals surface area contributed by atoms with E-state index >= 15 is 0 Å². The van der Waals surface area contributed by atoms with Crippen molar-refractivity contribution in [2.24, 2.45) is 11.1 Å². The first-order chi connectivity index (χ1) is 13.7. The van der Waals surface area contributed by atoms with Crippen LogP contribution in [0.3, 0.4) is 0 Å². The van der Waals surface area contributed by atoms with E-state index in [1.807, 2.05) is 6.07 Å². The van der Waals surface area contributed by atoms with Crippen molar-refractivity contribution in [3.8, 4) is 5.75 Å². The topological polar surface area (TPSA) is 119 Å². The number of nitrogens with one attached hydrogen (secondary N) is 1. The maximum atomic E-state index is 12.7. The lowest BCUT2D eigenvalue weighted by molar-refractivity contribution is 0.0894. The zero-order valence-corrected chi connectivity index (χ0v) is 17.3. The molecule has 0 saturated carbocycles. The van der Waals surface area contributed by atoms with Gasteiger partial charge in [-0.15, -0.1) is 0 Å². The molecule has 0 saturated heterocycles. The van der Waals surface area contributed by atoms with Gasteiger partial charge in [0.25, 0.3) is 0 Å². The molecule has 1 aliphatic carbocycles. The van der Waals surface area contributed by atoms with Crippen LogP contribution in [-0.4, -0.2) is 39.5 Å². The predicted molar refractivity (Wildman–Crippen MR) is 110 cm³/mol. The summed E-state index contributed by atoms with van der Waals surface area (Å²) in [6.07, 6.45) is 0.608. The van der Waals surface area contributed by atoms with Crippen molar-refractivity contribution in [1.82, 2.24) is 5.32 Å². The van der Waals surface area contributed by atoms with Gasteiger partial charge in [0, 0.05) is 24.6 Å². The van der Waals surface area contributed by atoms with E-state index in [0.717, 1.165) is 29.7 Å². The van der Waals surface area contributed by atoms with Crippen LogP contribution in [0.5, 0.6) is 5.75 Å². The Hall–Kier alpha value is -2.26. The molecule has 3 rings (SSSR count). The summed E-state index contributed by atoms with van der Waals surface area (Å²) in [5, 5.41) is 18.8. The molecule has 0 aromatic heterocycles. The molecule has 0 heterocycles. The number of primary sulfonamides is 1. The molecule has 156 valence electrons. The van der Waals surface area contributed by atoms with Crippen LogP contribution in [0, 0.1) is 12.8 Å². The lowest BCUT2D eigenvalue weighted by Crippen LogP contribution is -2.34. The molecule has 29 heavy (non-hydrogen) atoms. The Morgan fingerprint density at radius 2 is 2.03 bits per heavy atom. The molecular weight excluding hydrogens is 392 g/mol. The molecule has 0 radical (unpaired) electrons. The van der Waals surface area contributed by atoms with Crippen LogP contribution in [0.2, 0.25) is 0 Å². The summed E-state index contributed by atoms with van der Waals surface area (Å²) in [6.45, 7) is 2.29. The zero-order chi connectivity index (χ0) is 21.2. The van der Waals surface area contributed by atoms with Gasteiger partial charge in [0.2, 0.25) is 10.0 Å². The van der Waals surface area contributed by atoms with Crippen molar-refractivity contribution in [2.45, 2.75) is 30.8 Å². The second kappa shape index (κ2) is 8.62. The first-order valence-electron chi connectivity index (χ1n) is 9.44. The summed E-state index contributed by atoms with van der Waals surface area (Å²) in [5.41, 5.74) is 2.71. The summed E-state index contributed by atoms with van der Waals surface area (Å²) in [5.74, 6) is 0.664. The number of hydrogen-bond acceptors (Lipinski definition) is 6. The van der Waals surface area contributed by atoms with Crippen LogP contribution in [0.1, 0.15) is 39.6 Å². The van der Waals surface area contributed by atoms with Crippen molar-refractivity contribution in [3.05, 3.63) is 58.7 Å². The van der Waals surface area contributed by atoms with Gasteiger partial charge < -0.3 is 15.2 Å². The fourth-order valence-electron chi connectivity index (χ4n) is 3.66. The number of fused-ring (bicyclic) bond motifs is 1. The number of aliphatic hydroxyl groups is 1. The van der Waals surface area contributed by atoms with Gasteiger partial charge in [-0.2, -0.15) is 0 Å². The summed E-state index contributed by atoms with van der Waals surface area (Å²) < 4.78 is 28.5. The highest BCUT2D eigenvalue weighted by Gasteiger charge is 2.27. The Bertz CT molecular complexity index is 1020. The fourth-order valence-corrected chi connectivity index (χ4v) is 4.48. The van der Waals surface area contributed by atoms with E-state index in [1.54, 1.807) is 38.3 Å². The third kappa shape index (κ3) is 4.84. The van der Waals surface area contributed by atoms with Crippen molar-refractivity contribution < 1.29 is 23.1 Å². The minimum atomic E-state index is -3.85. The largest absolute Gasteiger partial charge is 0.497 e. The summed E-state index contributed by atoms with van der Waals surface area (Å²) in [7, 11) is -2.25. The van der Waals surface area contributed by atoms with Crippen molar-refractivity contribution in [3.63, 3.8) is 0 Å². The van der Waals surface area contributed by atoms with Crippen LogP contribution in [0.25, 0.3) is 0 Å². The van der Waals surface area contributed by atoms with E-state index in [0.29, 0.717) is 17.7 Å². The van der Waals surface area contributed by atoms with Crippen LogP contribution >= 0.6 is 0 Å². The minimum absolute atomic E-state index is 0.00328. The molecule has 0 spiro atoms. The smallest absolute Gasteiger partial charge is 0.238 e. The highest BCUT2D eigenvalue weighted by Crippen LogP contribution is 2.28. The van der Waals surface area contributed by atoms with E-state index in [2.05, 4.69) is 5.32 Å². The van der Waals surface area contributed by atoms with Gasteiger partial charge in [0.15, 0.2) is 5.78 Å². The van der Waals surface area contributed by atoms with Crippen LogP contribution in [0.15, 0.2) is 41.3 Å². The number of hydrogen-bond donors (Lipinski definition) is 3. The molecule has 0 amide bonds. The molecule has 7 nitrogen and oxygen atoms in total. The Labute approximate surface area is 170 Å². The Balaban J connectivity index is 1.61. The van der Waals surface area contributed by atoms with Crippen LogP contribution < -0.4 is 15.2 Å². The number of ether oxygens (including phenoxy) is 1. The Kier molecular flexibility index (Phi) is 6.38. The van der Waals surface area contributed by atoms with Gasteiger partial charge in [-0.25, -0.2) is 13.6 Å². The number of rotatable bonds is 7. The molecule has 2 atom stereocenters. The lowest BCUT2D eigenvalue weighted by atomic mass is 9.82. The summed E-state index contributed by atoms with van der Waals surface area (Å²) >= 11 is 0. The Morgan fingerprint density at radius 1 is 1.28 bits per heavy atom. The minimum Gasteiger partial charge on any atom is -0.497 e. The molecule has 8 heteroatoms. The molecule has 0 aliphatic heterocycles. The van der Waals surface area contributed by atoms with Gasteiger partial charge in [0.1, 0.15) is 5.75 Å². The third-order valence-electron chi connectivity index (χ3n) is 5.34. The van der Waals surface area contributed by atoms with Crippen molar-refractivity contribution >= 4 is 15.8 Å². The number of ketones is 1. The van der Waals surface area contributed by atoms with E-state index in [9.17, 15) is 18.3 Å². The second-order valence-corrected chi connectivity index (χ2v) is 8.90. The van der Waals surface area contributed by atoms with Gasteiger partial charge >= 0.3 is 0 Å². The number of nitrogens with two attached hydrogens (primary N) is 1. The highest BCUT2D eigenvalue weighted by molar-refractivity contribution is 7.89. The van der Waals surface area contributed by atoms with Gasteiger partial charge in [-0.1, -0.05) is 12.1 Å². The molecule has 4 N–H and O–H groups in total. The molecule has 2 aromatic rings. The van der Waals surface area contributed by atoms with E-state index in [4.69, 9.17) is 9.88 Å². The van der Waals surface area contributed by atoms with E-state index < -0.39 is 16.1 Å².